The fourth-order valence-corrected chi connectivity index (χ4v) is 2.73. The van der Waals surface area contributed by atoms with Gasteiger partial charge in [-0.3, -0.25) is 15.1 Å². The molecule has 1 aromatic heterocycles. The number of aromatic nitrogens is 1. The Morgan fingerprint density at radius 2 is 1.67 bits per heavy atom. The summed E-state index contributed by atoms with van der Waals surface area (Å²) in [7, 11) is 0. The van der Waals surface area contributed by atoms with Crippen LogP contribution in [-0.2, 0) is 11.3 Å². The quantitative estimate of drug-likeness (QED) is 0.537. The lowest BCUT2D eigenvalue weighted by Crippen LogP contribution is -2.16. The van der Waals surface area contributed by atoms with Crippen LogP contribution >= 0.6 is 11.6 Å². The zero-order chi connectivity index (χ0) is 21.5. The largest absolute Gasteiger partial charge is 0.478 e. The molecule has 8 nitrogen and oxygen atoms in total. The number of pyridine rings is 1. The van der Waals surface area contributed by atoms with Crippen LogP contribution in [0.5, 0.6) is 0 Å². The van der Waals surface area contributed by atoms with Crippen molar-refractivity contribution >= 4 is 40.9 Å². The SMILES string of the molecule is O=C(Nc1cc(Cl)cc(C(=O)Nc2cncc(C(=O)O)c2)c1)OCc1ccccc1. The average Bonchev–Trinajstić information content (AvgIpc) is 2.72. The molecule has 0 spiro atoms. The number of aromatic carboxylic acids is 1. The van der Waals surface area contributed by atoms with E-state index in [1.54, 1.807) is 0 Å². The molecule has 0 aliphatic carbocycles. The van der Waals surface area contributed by atoms with E-state index in [-0.39, 0.29) is 34.1 Å². The van der Waals surface area contributed by atoms with Gasteiger partial charge in [0.05, 0.1) is 17.4 Å². The Bertz CT molecular complexity index is 1090. The highest BCUT2D eigenvalue weighted by molar-refractivity contribution is 6.31. The Morgan fingerprint density at radius 3 is 2.40 bits per heavy atom. The van der Waals surface area contributed by atoms with Gasteiger partial charge in [0.15, 0.2) is 0 Å². The molecule has 0 saturated carbocycles. The monoisotopic (exact) mass is 425 g/mol. The van der Waals surface area contributed by atoms with Crippen molar-refractivity contribution in [3.8, 4) is 0 Å². The standard InChI is InChI=1S/C21H16ClN3O5/c22-16-6-14(19(26)24-18-8-15(20(27)28)10-23-11-18)7-17(9-16)25-21(29)30-12-13-4-2-1-3-5-13/h1-11H,12H2,(H,24,26)(H,25,29)(H,27,28). The van der Waals surface area contributed by atoms with Gasteiger partial charge in [-0.05, 0) is 29.8 Å². The Kier molecular flexibility index (Phi) is 6.61. The molecule has 30 heavy (non-hydrogen) atoms. The molecule has 3 N–H and O–H groups in total. The average molecular weight is 426 g/mol. The molecule has 0 aliphatic heterocycles. The van der Waals surface area contributed by atoms with Crippen molar-refractivity contribution in [2.45, 2.75) is 6.61 Å². The zero-order valence-electron chi connectivity index (χ0n) is 15.5. The maximum atomic E-state index is 12.5. The van der Waals surface area contributed by atoms with Gasteiger partial charge in [0.25, 0.3) is 5.91 Å². The van der Waals surface area contributed by atoms with E-state index >= 15 is 0 Å². The predicted octanol–water partition coefficient (Wildman–Crippen LogP) is 4.43. The number of carboxylic acids is 1. The third-order valence-corrected chi connectivity index (χ3v) is 4.08. The highest BCUT2D eigenvalue weighted by Gasteiger charge is 2.12. The van der Waals surface area contributed by atoms with Crippen molar-refractivity contribution in [3.05, 3.63) is 88.7 Å². The number of nitrogens with one attached hydrogen (secondary N) is 2. The van der Waals surface area contributed by atoms with Crippen LogP contribution in [0.15, 0.2) is 67.0 Å². The number of rotatable bonds is 6. The number of ether oxygens (including phenoxy) is 1. The second-order valence-corrected chi connectivity index (χ2v) is 6.57. The molecule has 0 atom stereocenters. The molecule has 0 fully saturated rings. The van der Waals surface area contributed by atoms with Gasteiger partial charge in [-0.2, -0.15) is 0 Å². The summed E-state index contributed by atoms with van der Waals surface area (Å²) in [5, 5.41) is 14.3. The third kappa shape index (κ3) is 5.79. The number of carboxylic acid groups (broad SMARTS) is 1. The minimum Gasteiger partial charge on any atom is -0.478 e. The number of anilines is 2. The number of nitrogens with zero attached hydrogens (tertiary/aromatic N) is 1. The molecule has 3 rings (SSSR count). The molecule has 152 valence electrons. The highest BCUT2D eigenvalue weighted by atomic mass is 35.5. The van der Waals surface area contributed by atoms with E-state index in [9.17, 15) is 14.4 Å². The van der Waals surface area contributed by atoms with Gasteiger partial charge in [-0.25, -0.2) is 9.59 Å². The molecule has 9 heteroatoms. The first-order valence-electron chi connectivity index (χ1n) is 8.69. The predicted molar refractivity (Wildman–Crippen MR) is 111 cm³/mol. The van der Waals surface area contributed by atoms with Crippen molar-refractivity contribution in [3.63, 3.8) is 0 Å². The summed E-state index contributed by atoms with van der Waals surface area (Å²) in [6.45, 7) is 0.0908. The fraction of sp³-hybridized carbons (Fsp3) is 0.0476. The van der Waals surface area contributed by atoms with E-state index in [0.717, 1.165) is 5.56 Å². The van der Waals surface area contributed by atoms with Gasteiger partial charge in [0.1, 0.15) is 6.61 Å². The molecular formula is C21H16ClN3O5. The first-order valence-corrected chi connectivity index (χ1v) is 9.06. The number of hydrogen-bond acceptors (Lipinski definition) is 5. The highest BCUT2D eigenvalue weighted by Crippen LogP contribution is 2.21. The molecular weight excluding hydrogens is 410 g/mol. The third-order valence-electron chi connectivity index (χ3n) is 3.86. The smallest absolute Gasteiger partial charge is 0.411 e. The minimum absolute atomic E-state index is 0.0672. The van der Waals surface area contributed by atoms with Crippen molar-refractivity contribution in [2.24, 2.45) is 0 Å². The van der Waals surface area contributed by atoms with Gasteiger partial charge >= 0.3 is 12.1 Å². The first kappa shape index (κ1) is 20.8. The van der Waals surface area contributed by atoms with Crippen LogP contribution in [0.25, 0.3) is 0 Å². The summed E-state index contributed by atoms with van der Waals surface area (Å²) >= 11 is 6.06. The van der Waals surface area contributed by atoms with Crippen LogP contribution < -0.4 is 10.6 Å². The fourth-order valence-electron chi connectivity index (χ4n) is 2.50. The van der Waals surface area contributed by atoms with E-state index in [2.05, 4.69) is 15.6 Å². The van der Waals surface area contributed by atoms with Gasteiger partial charge < -0.3 is 15.2 Å². The van der Waals surface area contributed by atoms with E-state index in [4.69, 9.17) is 21.4 Å². The van der Waals surface area contributed by atoms with Crippen LogP contribution in [-0.4, -0.2) is 28.1 Å². The van der Waals surface area contributed by atoms with Crippen molar-refractivity contribution in [1.29, 1.82) is 0 Å². The topological polar surface area (TPSA) is 118 Å². The summed E-state index contributed by atoms with van der Waals surface area (Å²) in [5.74, 6) is -1.72. The zero-order valence-corrected chi connectivity index (χ0v) is 16.2. The summed E-state index contributed by atoms with van der Waals surface area (Å²) in [4.78, 5) is 39.3. The lowest BCUT2D eigenvalue weighted by molar-refractivity contribution is 0.0696. The van der Waals surface area contributed by atoms with E-state index in [0.29, 0.717) is 0 Å². The van der Waals surface area contributed by atoms with E-state index in [1.165, 1.54) is 36.7 Å². The number of carbonyl (C=O) groups excluding carboxylic acids is 2. The summed E-state index contributed by atoms with van der Waals surface area (Å²) in [6.07, 6.45) is 1.78. The maximum Gasteiger partial charge on any atom is 0.411 e. The Labute approximate surface area is 176 Å². The Hall–Kier alpha value is -3.91. The van der Waals surface area contributed by atoms with E-state index in [1.807, 2.05) is 30.3 Å². The van der Waals surface area contributed by atoms with Crippen LogP contribution in [0.3, 0.4) is 0 Å². The second kappa shape index (κ2) is 9.53. The van der Waals surface area contributed by atoms with Gasteiger partial charge in [-0.1, -0.05) is 41.9 Å². The number of benzene rings is 2. The molecule has 1 heterocycles. The van der Waals surface area contributed by atoms with E-state index < -0.39 is 18.0 Å². The Balaban J connectivity index is 1.66. The van der Waals surface area contributed by atoms with Crippen LogP contribution in [0.1, 0.15) is 26.3 Å². The van der Waals surface area contributed by atoms with Gasteiger partial charge in [-0.15, -0.1) is 0 Å². The molecule has 0 unspecified atom stereocenters. The molecule has 2 aromatic carbocycles. The lowest BCUT2D eigenvalue weighted by atomic mass is 10.1. The molecule has 0 aliphatic rings. The molecule has 2 amide bonds. The summed E-state index contributed by atoms with van der Waals surface area (Å²) in [5.41, 5.74) is 1.39. The van der Waals surface area contributed by atoms with Crippen molar-refractivity contribution in [1.82, 2.24) is 4.98 Å². The first-order chi connectivity index (χ1) is 14.4. The summed E-state index contributed by atoms with van der Waals surface area (Å²) in [6, 6.07) is 14.7. The van der Waals surface area contributed by atoms with Crippen LogP contribution in [0.4, 0.5) is 16.2 Å². The van der Waals surface area contributed by atoms with Gasteiger partial charge in [0.2, 0.25) is 0 Å². The normalized spacial score (nSPS) is 10.2. The van der Waals surface area contributed by atoms with Crippen LogP contribution in [0.2, 0.25) is 5.02 Å². The van der Waals surface area contributed by atoms with Gasteiger partial charge in [0, 0.05) is 22.5 Å². The maximum absolute atomic E-state index is 12.5. The number of halogens is 1. The summed E-state index contributed by atoms with van der Waals surface area (Å²) < 4.78 is 5.15. The molecule has 0 bridgehead atoms. The minimum atomic E-state index is -1.16. The Morgan fingerprint density at radius 1 is 0.933 bits per heavy atom. The molecule has 3 aromatic rings. The van der Waals surface area contributed by atoms with Crippen molar-refractivity contribution in [2.75, 3.05) is 10.6 Å². The molecule has 0 saturated heterocycles. The number of hydrogen-bond donors (Lipinski definition) is 3. The lowest BCUT2D eigenvalue weighted by Gasteiger charge is -2.10. The number of amides is 2. The number of carbonyl (C=O) groups is 3. The second-order valence-electron chi connectivity index (χ2n) is 6.14. The van der Waals surface area contributed by atoms with Crippen LogP contribution in [0, 0.1) is 0 Å². The molecule has 0 radical (unpaired) electrons. The van der Waals surface area contributed by atoms with Crippen molar-refractivity contribution < 1.29 is 24.2 Å².